The van der Waals surface area contributed by atoms with Crippen molar-refractivity contribution in [1.29, 1.82) is 0 Å². The van der Waals surface area contributed by atoms with Gasteiger partial charge in [0.2, 0.25) is 0 Å². The summed E-state index contributed by atoms with van der Waals surface area (Å²) in [4.78, 5) is 41.7. The summed E-state index contributed by atoms with van der Waals surface area (Å²) in [5, 5.41) is 2.86. The maximum Gasteiger partial charge on any atom is 0.317 e. The Morgan fingerprint density at radius 3 is 2.21 bits per heavy atom. The first-order valence-electron chi connectivity index (χ1n) is 8.24. The zero-order chi connectivity index (χ0) is 17.1. The van der Waals surface area contributed by atoms with Crippen molar-refractivity contribution in [2.45, 2.75) is 6.42 Å². The van der Waals surface area contributed by atoms with E-state index in [-0.39, 0.29) is 17.8 Å². The number of rotatable bonds is 4. The van der Waals surface area contributed by atoms with Crippen LogP contribution < -0.4 is 5.32 Å². The van der Waals surface area contributed by atoms with Gasteiger partial charge in [-0.15, -0.1) is 0 Å². The molecule has 7 nitrogen and oxygen atoms in total. The molecule has 4 amide bonds. The average Bonchev–Trinajstić information content (AvgIpc) is 2.84. The Hall–Kier alpha value is -2.41. The number of nitrogens with one attached hydrogen (secondary N) is 1. The molecule has 2 heterocycles. The lowest BCUT2D eigenvalue weighted by molar-refractivity contribution is 0.0653. The molecule has 0 bridgehead atoms. The molecule has 2 aliphatic rings. The summed E-state index contributed by atoms with van der Waals surface area (Å²) in [6, 6.07) is 6.77. The van der Waals surface area contributed by atoms with E-state index in [1.807, 2.05) is 7.05 Å². The fraction of sp³-hybridized carbons (Fsp3) is 0.471. The molecule has 3 rings (SSSR count). The lowest BCUT2D eigenvalue weighted by Crippen LogP contribution is -2.50. The number of amides is 4. The average molecular weight is 330 g/mol. The summed E-state index contributed by atoms with van der Waals surface area (Å²) in [7, 11) is 2.04. The molecule has 0 saturated carbocycles. The quantitative estimate of drug-likeness (QED) is 0.649. The molecule has 0 atom stereocenters. The second-order valence-electron chi connectivity index (χ2n) is 6.18. The minimum absolute atomic E-state index is 0.0783. The van der Waals surface area contributed by atoms with Crippen molar-refractivity contribution in [2.24, 2.45) is 0 Å². The molecule has 128 valence electrons. The molecule has 1 aromatic carbocycles. The molecule has 1 aromatic rings. The third kappa shape index (κ3) is 3.26. The van der Waals surface area contributed by atoms with Crippen LogP contribution in [0.4, 0.5) is 4.79 Å². The maximum atomic E-state index is 12.2. The zero-order valence-corrected chi connectivity index (χ0v) is 13.8. The van der Waals surface area contributed by atoms with Crippen LogP contribution in [0.15, 0.2) is 24.3 Å². The van der Waals surface area contributed by atoms with E-state index >= 15 is 0 Å². The fourth-order valence-electron chi connectivity index (χ4n) is 3.00. The molecule has 0 spiro atoms. The minimum atomic E-state index is -0.249. The first kappa shape index (κ1) is 16.4. The first-order chi connectivity index (χ1) is 11.6. The van der Waals surface area contributed by atoms with Crippen LogP contribution in [-0.4, -0.2) is 78.9 Å². The normalized spacial score (nSPS) is 18.0. The van der Waals surface area contributed by atoms with Crippen molar-refractivity contribution < 1.29 is 14.4 Å². The number of fused-ring (bicyclic) bond motifs is 1. The molecule has 24 heavy (non-hydrogen) atoms. The molecule has 0 radical (unpaired) electrons. The van der Waals surface area contributed by atoms with Gasteiger partial charge in [0, 0.05) is 39.3 Å². The van der Waals surface area contributed by atoms with Crippen molar-refractivity contribution in [3.63, 3.8) is 0 Å². The van der Waals surface area contributed by atoms with Gasteiger partial charge in [-0.1, -0.05) is 12.1 Å². The zero-order valence-electron chi connectivity index (χ0n) is 13.8. The van der Waals surface area contributed by atoms with Crippen LogP contribution >= 0.6 is 0 Å². The van der Waals surface area contributed by atoms with Crippen LogP contribution in [0.2, 0.25) is 0 Å². The number of hydrogen-bond donors (Lipinski definition) is 1. The van der Waals surface area contributed by atoms with Gasteiger partial charge in [-0.05, 0) is 25.6 Å². The molecule has 1 N–H and O–H groups in total. The van der Waals surface area contributed by atoms with Crippen LogP contribution in [0.1, 0.15) is 27.1 Å². The van der Waals surface area contributed by atoms with Crippen molar-refractivity contribution in [3.05, 3.63) is 35.4 Å². The van der Waals surface area contributed by atoms with E-state index in [1.165, 1.54) is 4.90 Å². The van der Waals surface area contributed by atoms with Gasteiger partial charge in [-0.25, -0.2) is 4.79 Å². The number of carbonyl (C=O) groups is 3. The largest absolute Gasteiger partial charge is 0.338 e. The summed E-state index contributed by atoms with van der Waals surface area (Å²) >= 11 is 0. The predicted octanol–water partition coefficient (Wildman–Crippen LogP) is 0.630. The highest BCUT2D eigenvalue weighted by molar-refractivity contribution is 6.21. The van der Waals surface area contributed by atoms with Gasteiger partial charge < -0.3 is 15.1 Å². The summed E-state index contributed by atoms with van der Waals surface area (Å²) in [6.45, 7) is 3.96. The van der Waals surface area contributed by atoms with E-state index in [9.17, 15) is 14.4 Å². The van der Waals surface area contributed by atoms with Gasteiger partial charge in [0.15, 0.2) is 0 Å². The number of likely N-dealkylation sites (N-methyl/N-ethyl adjacent to an activating group) is 1. The number of imide groups is 1. The standard InChI is InChI=1S/C17H22N4O3/c1-19-9-11-20(12-10-19)17(24)18-7-4-8-21-15(22)13-5-2-3-6-14(13)16(21)23/h2-3,5-6H,4,7-12H2,1H3,(H,18,24). The van der Waals surface area contributed by atoms with Crippen LogP contribution in [-0.2, 0) is 0 Å². The van der Waals surface area contributed by atoms with E-state index < -0.39 is 0 Å². The van der Waals surface area contributed by atoms with Gasteiger partial charge in [0.25, 0.3) is 11.8 Å². The molecule has 7 heteroatoms. The first-order valence-corrected chi connectivity index (χ1v) is 8.24. The monoisotopic (exact) mass is 330 g/mol. The fourth-order valence-corrected chi connectivity index (χ4v) is 3.00. The summed E-state index contributed by atoms with van der Waals surface area (Å²) in [5.74, 6) is -0.498. The van der Waals surface area contributed by atoms with Gasteiger partial charge in [-0.3, -0.25) is 14.5 Å². The Balaban J connectivity index is 1.44. The van der Waals surface area contributed by atoms with E-state index in [2.05, 4.69) is 10.2 Å². The number of piperazine rings is 1. The third-order valence-electron chi connectivity index (χ3n) is 4.50. The lowest BCUT2D eigenvalue weighted by atomic mass is 10.1. The van der Waals surface area contributed by atoms with Crippen molar-refractivity contribution in [3.8, 4) is 0 Å². The van der Waals surface area contributed by atoms with Gasteiger partial charge >= 0.3 is 6.03 Å². The Morgan fingerprint density at radius 1 is 1.04 bits per heavy atom. The van der Waals surface area contributed by atoms with Crippen molar-refractivity contribution >= 4 is 17.8 Å². The summed E-state index contributed by atoms with van der Waals surface area (Å²) in [5.41, 5.74) is 0.924. The van der Waals surface area contributed by atoms with Crippen molar-refractivity contribution in [1.82, 2.24) is 20.0 Å². The number of hydrogen-bond acceptors (Lipinski definition) is 4. The Bertz CT molecular complexity index is 618. The molecule has 2 aliphatic heterocycles. The Morgan fingerprint density at radius 2 is 1.62 bits per heavy atom. The Kier molecular flexibility index (Phi) is 4.80. The van der Waals surface area contributed by atoms with Crippen LogP contribution in [0, 0.1) is 0 Å². The van der Waals surface area contributed by atoms with Crippen LogP contribution in [0.5, 0.6) is 0 Å². The van der Waals surface area contributed by atoms with Gasteiger partial charge in [0.1, 0.15) is 0 Å². The van der Waals surface area contributed by atoms with E-state index in [4.69, 9.17) is 0 Å². The van der Waals surface area contributed by atoms with E-state index in [0.29, 0.717) is 30.6 Å². The molecule has 1 saturated heterocycles. The second-order valence-corrected chi connectivity index (χ2v) is 6.18. The lowest BCUT2D eigenvalue weighted by Gasteiger charge is -2.32. The molecule has 1 fully saturated rings. The van der Waals surface area contributed by atoms with Crippen LogP contribution in [0.3, 0.4) is 0 Å². The highest BCUT2D eigenvalue weighted by Crippen LogP contribution is 2.22. The molecule has 0 aliphatic carbocycles. The number of urea groups is 1. The molecule has 0 aromatic heterocycles. The maximum absolute atomic E-state index is 12.2. The van der Waals surface area contributed by atoms with E-state index in [1.54, 1.807) is 29.2 Å². The molecular weight excluding hydrogens is 308 g/mol. The van der Waals surface area contributed by atoms with Gasteiger partial charge in [-0.2, -0.15) is 0 Å². The topological polar surface area (TPSA) is 73.0 Å². The summed E-state index contributed by atoms with van der Waals surface area (Å²) in [6.07, 6.45) is 0.547. The predicted molar refractivity (Wildman–Crippen MR) is 88.9 cm³/mol. The Labute approximate surface area is 141 Å². The molecular formula is C17H22N4O3. The number of benzene rings is 1. The van der Waals surface area contributed by atoms with Crippen LogP contribution in [0.25, 0.3) is 0 Å². The summed E-state index contributed by atoms with van der Waals surface area (Å²) < 4.78 is 0. The third-order valence-corrected chi connectivity index (χ3v) is 4.50. The SMILES string of the molecule is CN1CCN(C(=O)NCCCN2C(=O)c3ccccc3C2=O)CC1. The highest BCUT2D eigenvalue weighted by atomic mass is 16.2. The smallest absolute Gasteiger partial charge is 0.317 e. The highest BCUT2D eigenvalue weighted by Gasteiger charge is 2.34. The van der Waals surface area contributed by atoms with E-state index in [0.717, 1.165) is 26.2 Å². The second kappa shape index (κ2) is 7.00. The minimum Gasteiger partial charge on any atom is -0.338 e. The van der Waals surface area contributed by atoms with Gasteiger partial charge in [0.05, 0.1) is 11.1 Å². The number of nitrogens with zero attached hydrogens (tertiary/aromatic N) is 3. The molecule has 0 unspecified atom stereocenters. The number of carbonyl (C=O) groups excluding carboxylic acids is 3. The van der Waals surface area contributed by atoms with Crippen molar-refractivity contribution in [2.75, 3.05) is 46.3 Å².